The van der Waals surface area contributed by atoms with E-state index in [1.807, 2.05) is 0 Å². The number of likely N-dealkylation sites (N-methyl/N-ethyl adjacent to an activating group) is 1. The molecule has 0 aliphatic carbocycles. The summed E-state index contributed by atoms with van der Waals surface area (Å²) in [6.07, 6.45) is 1.48. The molecule has 0 spiro atoms. The smallest absolute Gasteiger partial charge is 0.306 e. The van der Waals surface area contributed by atoms with Crippen molar-refractivity contribution in [3.8, 4) is 0 Å². The molecular formula is C11H17N3O2. The first-order chi connectivity index (χ1) is 7.58. The zero-order valence-electron chi connectivity index (χ0n) is 9.66. The summed E-state index contributed by atoms with van der Waals surface area (Å²) in [6, 6.07) is 0. The molecule has 5 nitrogen and oxygen atoms in total. The molecule has 1 aromatic rings. The van der Waals surface area contributed by atoms with Crippen LogP contribution in [0.15, 0.2) is 0 Å². The van der Waals surface area contributed by atoms with Crippen LogP contribution >= 0.6 is 0 Å². The molecule has 16 heavy (non-hydrogen) atoms. The maximum absolute atomic E-state index is 10.8. The second kappa shape index (κ2) is 4.25. The molecule has 88 valence electrons. The van der Waals surface area contributed by atoms with Crippen molar-refractivity contribution >= 4 is 5.97 Å². The fourth-order valence-corrected chi connectivity index (χ4v) is 2.04. The van der Waals surface area contributed by atoms with Crippen LogP contribution in [-0.4, -0.2) is 39.8 Å². The van der Waals surface area contributed by atoms with Crippen LogP contribution in [0.4, 0.5) is 0 Å². The Morgan fingerprint density at radius 3 is 3.12 bits per heavy atom. The number of aromatic nitrogens is 2. The summed E-state index contributed by atoms with van der Waals surface area (Å²) in [5.74, 6) is -1.14. The number of H-pyrrole nitrogens is 1. The number of carboxylic acids is 1. The van der Waals surface area contributed by atoms with E-state index in [1.165, 1.54) is 11.3 Å². The van der Waals surface area contributed by atoms with Gasteiger partial charge in [-0.25, -0.2) is 0 Å². The van der Waals surface area contributed by atoms with E-state index in [-0.39, 0.29) is 5.92 Å². The highest BCUT2D eigenvalue weighted by molar-refractivity contribution is 5.69. The Hall–Kier alpha value is -1.36. The first kappa shape index (κ1) is 11.1. The minimum Gasteiger partial charge on any atom is -0.481 e. The molecule has 0 radical (unpaired) electrons. The summed E-state index contributed by atoms with van der Waals surface area (Å²) < 4.78 is 0. The predicted octanol–water partition coefficient (Wildman–Crippen LogP) is 0.661. The highest BCUT2D eigenvalue weighted by Gasteiger charge is 2.22. The zero-order chi connectivity index (χ0) is 11.7. The number of nitrogens with one attached hydrogen (secondary N) is 1. The Morgan fingerprint density at radius 1 is 1.69 bits per heavy atom. The topological polar surface area (TPSA) is 69.2 Å². The van der Waals surface area contributed by atoms with E-state index in [4.69, 9.17) is 5.11 Å². The second-order valence-electron chi connectivity index (χ2n) is 4.56. The predicted molar refractivity (Wildman–Crippen MR) is 59.1 cm³/mol. The molecule has 0 bridgehead atoms. The molecule has 5 heteroatoms. The SMILES string of the molecule is CC(Cc1n[nH]c2c1CN(C)CC2)C(=O)O. The molecule has 1 aliphatic rings. The average molecular weight is 223 g/mol. The van der Waals surface area contributed by atoms with Crippen molar-refractivity contribution in [3.05, 3.63) is 17.0 Å². The molecule has 2 heterocycles. The average Bonchev–Trinajstić information content (AvgIpc) is 2.61. The van der Waals surface area contributed by atoms with Gasteiger partial charge in [0.15, 0.2) is 0 Å². The molecule has 0 fully saturated rings. The van der Waals surface area contributed by atoms with Gasteiger partial charge in [0.1, 0.15) is 0 Å². The number of hydrogen-bond acceptors (Lipinski definition) is 3. The van der Waals surface area contributed by atoms with E-state index in [1.54, 1.807) is 6.92 Å². The molecular weight excluding hydrogens is 206 g/mol. The van der Waals surface area contributed by atoms with Gasteiger partial charge in [0.2, 0.25) is 0 Å². The van der Waals surface area contributed by atoms with Crippen LogP contribution in [0.5, 0.6) is 0 Å². The van der Waals surface area contributed by atoms with E-state index in [9.17, 15) is 4.79 Å². The zero-order valence-corrected chi connectivity index (χ0v) is 9.66. The minimum absolute atomic E-state index is 0.375. The number of nitrogens with zero attached hydrogens (tertiary/aromatic N) is 2. The van der Waals surface area contributed by atoms with Gasteiger partial charge < -0.3 is 10.0 Å². The Morgan fingerprint density at radius 2 is 2.44 bits per heavy atom. The van der Waals surface area contributed by atoms with Crippen LogP contribution in [0.3, 0.4) is 0 Å². The number of carbonyl (C=O) groups is 1. The van der Waals surface area contributed by atoms with E-state index >= 15 is 0 Å². The van der Waals surface area contributed by atoms with Crippen LogP contribution in [-0.2, 0) is 24.2 Å². The lowest BCUT2D eigenvalue weighted by Crippen LogP contribution is -2.27. The Balaban J connectivity index is 2.17. The van der Waals surface area contributed by atoms with Gasteiger partial charge in [-0.1, -0.05) is 6.92 Å². The van der Waals surface area contributed by atoms with Crippen molar-refractivity contribution in [2.24, 2.45) is 5.92 Å². The summed E-state index contributed by atoms with van der Waals surface area (Å²) >= 11 is 0. The number of aliphatic carboxylic acids is 1. The normalized spacial score (nSPS) is 18.1. The van der Waals surface area contributed by atoms with E-state index < -0.39 is 5.97 Å². The second-order valence-corrected chi connectivity index (χ2v) is 4.56. The number of carboxylic acid groups (broad SMARTS) is 1. The minimum atomic E-state index is -0.763. The van der Waals surface area contributed by atoms with E-state index in [2.05, 4.69) is 22.1 Å². The Kier molecular flexibility index (Phi) is 2.96. The van der Waals surface area contributed by atoms with Crippen LogP contribution in [0.1, 0.15) is 23.9 Å². The molecule has 1 aliphatic heterocycles. The lowest BCUT2D eigenvalue weighted by atomic mass is 9.99. The first-order valence-electron chi connectivity index (χ1n) is 5.54. The molecule has 1 atom stereocenters. The molecule has 2 rings (SSSR count). The van der Waals surface area contributed by atoms with Gasteiger partial charge in [-0.3, -0.25) is 9.89 Å². The summed E-state index contributed by atoms with van der Waals surface area (Å²) in [6.45, 7) is 3.62. The standard InChI is InChI=1S/C11H17N3O2/c1-7(11(15)16)5-10-8-6-14(2)4-3-9(8)12-13-10/h7H,3-6H2,1-2H3,(H,12,13)(H,15,16). The molecule has 0 saturated carbocycles. The summed E-state index contributed by atoms with van der Waals surface area (Å²) in [4.78, 5) is 13.0. The maximum atomic E-state index is 10.8. The van der Waals surface area contributed by atoms with Crippen molar-refractivity contribution < 1.29 is 9.90 Å². The Bertz CT molecular complexity index is 400. The van der Waals surface area contributed by atoms with Gasteiger partial charge in [0.05, 0.1) is 11.6 Å². The van der Waals surface area contributed by atoms with Crippen molar-refractivity contribution in [2.75, 3.05) is 13.6 Å². The monoisotopic (exact) mass is 223 g/mol. The van der Waals surface area contributed by atoms with Crippen LogP contribution in [0, 0.1) is 5.92 Å². The number of fused-ring (bicyclic) bond motifs is 1. The third-order valence-corrected chi connectivity index (χ3v) is 3.13. The molecule has 0 aromatic carbocycles. The third-order valence-electron chi connectivity index (χ3n) is 3.13. The summed E-state index contributed by atoms with van der Waals surface area (Å²) in [7, 11) is 2.07. The molecule has 2 N–H and O–H groups in total. The summed E-state index contributed by atoms with van der Waals surface area (Å²) in [5.41, 5.74) is 3.28. The van der Waals surface area contributed by atoms with Crippen molar-refractivity contribution in [2.45, 2.75) is 26.3 Å². The van der Waals surface area contributed by atoms with Gasteiger partial charge in [-0.05, 0) is 7.05 Å². The number of aromatic amines is 1. The van der Waals surface area contributed by atoms with E-state index in [0.717, 1.165) is 25.2 Å². The van der Waals surface area contributed by atoms with Crippen molar-refractivity contribution in [1.29, 1.82) is 0 Å². The van der Waals surface area contributed by atoms with Crippen molar-refractivity contribution in [1.82, 2.24) is 15.1 Å². The largest absolute Gasteiger partial charge is 0.481 e. The molecule has 0 saturated heterocycles. The van der Waals surface area contributed by atoms with Crippen LogP contribution in [0.2, 0.25) is 0 Å². The lowest BCUT2D eigenvalue weighted by molar-refractivity contribution is -0.141. The molecule has 0 amide bonds. The van der Waals surface area contributed by atoms with Gasteiger partial charge in [0.25, 0.3) is 0 Å². The third kappa shape index (κ3) is 2.09. The highest BCUT2D eigenvalue weighted by atomic mass is 16.4. The Labute approximate surface area is 94.5 Å². The van der Waals surface area contributed by atoms with Gasteiger partial charge >= 0.3 is 5.97 Å². The molecule has 1 unspecified atom stereocenters. The van der Waals surface area contributed by atoms with Crippen molar-refractivity contribution in [3.63, 3.8) is 0 Å². The number of rotatable bonds is 3. The van der Waals surface area contributed by atoms with E-state index in [0.29, 0.717) is 6.42 Å². The quantitative estimate of drug-likeness (QED) is 0.790. The fourth-order valence-electron chi connectivity index (χ4n) is 2.04. The van der Waals surface area contributed by atoms with Gasteiger partial charge in [0, 0.05) is 37.2 Å². The highest BCUT2D eigenvalue weighted by Crippen LogP contribution is 2.21. The van der Waals surface area contributed by atoms with Crippen LogP contribution < -0.4 is 0 Å². The number of hydrogen-bond donors (Lipinski definition) is 2. The van der Waals surface area contributed by atoms with Crippen LogP contribution in [0.25, 0.3) is 0 Å². The molecule has 1 aromatic heterocycles. The van der Waals surface area contributed by atoms with Gasteiger partial charge in [-0.15, -0.1) is 0 Å². The maximum Gasteiger partial charge on any atom is 0.306 e. The first-order valence-corrected chi connectivity index (χ1v) is 5.54. The fraction of sp³-hybridized carbons (Fsp3) is 0.636. The summed E-state index contributed by atoms with van der Waals surface area (Å²) in [5, 5.41) is 16.1. The lowest BCUT2D eigenvalue weighted by Gasteiger charge is -2.22. The van der Waals surface area contributed by atoms with Gasteiger partial charge in [-0.2, -0.15) is 5.10 Å².